The van der Waals surface area contributed by atoms with Crippen molar-refractivity contribution in [2.45, 2.75) is 0 Å². The number of rotatable bonds is 1. The van der Waals surface area contributed by atoms with Gasteiger partial charge in [-0.3, -0.25) is 0 Å². The highest BCUT2D eigenvalue weighted by atomic mass is 32.1. The van der Waals surface area contributed by atoms with Gasteiger partial charge in [0, 0.05) is 10.8 Å². The maximum Gasteiger partial charge on any atom is 0.152 e. The summed E-state index contributed by atoms with van der Waals surface area (Å²) in [5.74, 6) is 0. The molecule has 3 aromatic rings. The van der Waals surface area contributed by atoms with E-state index < -0.39 is 0 Å². The highest BCUT2D eigenvalue weighted by molar-refractivity contribution is 7.07. The Morgan fingerprint density at radius 1 is 1.00 bits per heavy atom. The molecule has 71 valence electrons. The predicted octanol–water partition coefficient (Wildman–Crippen LogP) is 3.16. The molecule has 0 saturated heterocycles. The molecule has 0 aliphatic carbocycles. The van der Waals surface area contributed by atoms with Crippen molar-refractivity contribution in [3.63, 3.8) is 0 Å². The topological polar surface area (TPSA) is 25.8 Å². The molecule has 3 heteroatoms. The average Bonchev–Trinajstić information content (AvgIpc) is 2.82. The molecule has 1 aromatic carbocycles. The van der Waals surface area contributed by atoms with Crippen molar-refractivity contribution in [1.82, 2.24) is 9.97 Å². The van der Waals surface area contributed by atoms with Crippen LogP contribution in [0.4, 0.5) is 0 Å². The second-order valence-electron chi connectivity index (χ2n) is 3.21. The van der Waals surface area contributed by atoms with E-state index in [0.29, 0.717) is 0 Å². The summed E-state index contributed by atoms with van der Waals surface area (Å²) in [6.07, 6.45) is 0. The second-order valence-corrected chi connectivity index (χ2v) is 3.87. The number of hydrogen-bond acceptors (Lipinski definition) is 3. The van der Waals surface area contributed by atoms with Gasteiger partial charge in [0.2, 0.25) is 0 Å². The minimum Gasteiger partial charge on any atom is -0.246 e. The van der Waals surface area contributed by atoms with Crippen molar-refractivity contribution >= 4 is 22.2 Å². The highest BCUT2D eigenvalue weighted by Crippen LogP contribution is 2.20. The third kappa shape index (κ3) is 1.51. The number of benzene rings is 1. The Bertz CT molecular complexity index is 587. The number of thiazole rings is 1. The summed E-state index contributed by atoms with van der Waals surface area (Å²) in [6, 6.07) is 12.1. The molecule has 3 rings (SSSR count). The van der Waals surface area contributed by atoms with Crippen LogP contribution < -0.4 is 0 Å². The Morgan fingerprint density at radius 2 is 1.93 bits per heavy atom. The van der Waals surface area contributed by atoms with Crippen LogP contribution in [0, 0.1) is 5.51 Å². The Morgan fingerprint density at radius 3 is 2.80 bits per heavy atom. The minimum atomic E-state index is 0.894. The fraction of sp³-hybridized carbons (Fsp3) is 0. The number of fused-ring (bicyclic) bond motifs is 1. The molecule has 2 aromatic heterocycles. The predicted molar refractivity (Wildman–Crippen MR) is 61.7 cm³/mol. The van der Waals surface area contributed by atoms with E-state index in [2.05, 4.69) is 27.6 Å². The zero-order valence-electron chi connectivity index (χ0n) is 7.84. The van der Waals surface area contributed by atoms with Crippen molar-refractivity contribution in [2.24, 2.45) is 0 Å². The summed E-state index contributed by atoms with van der Waals surface area (Å²) in [6.45, 7) is 0. The summed E-state index contributed by atoms with van der Waals surface area (Å²) in [5, 5.41) is 3.11. The fourth-order valence-electron chi connectivity index (χ4n) is 1.51. The smallest absolute Gasteiger partial charge is 0.152 e. The van der Waals surface area contributed by atoms with E-state index in [0.717, 1.165) is 22.3 Å². The summed E-state index contributed by atoms with van der Waals surface area (Å²) >= 11 is 1.46. The van der Waals surface area contributed by atoms with Gasteiger partial charge in [0.25, 0.3) is 0 Å². The van der Waals surface area contributed by atoms with Crippen molar-refractivity contribution < 1.29 is 0 Å². The molecule has 0 unspecified atom stereocenters. The van der Waals surface area contributed by atoms with Gasteiger partial charge < -0.3 is 0 Å². The number of para-hydroxylation sites is 1. The molecule has 0 aliphatic heterocycles. The number of pyridine rings is 1. The van der Waals surface area contributed by atoms with Crippen LogP contribution in [0.5, 0.6) is 0 Å². The van der Waals surface area contributed by atoms with Gasteiger partial charge in [0.1, 0.15) is 5.69 Å². The lowest BCUT2D eigenvalue weighted by Crippen LogP contribution is -1.84. The van der Waals surface area contributed by atoms with E-state index in [4.69, 9.17) is 0 Å². The summed E-state index contributed by atoms with van der Waals surface area (Å²) < 4.78 is 0. The molecule has 0 fully saturated rings. The maximum atomic E-state index is 4.54. The molecule has 0 bridgehead atoms. The van der Waals surface area contributed by atoms with Crippen molar-refractivity contribution in [3.8, 4) is 11.4 Å². The fourth-order valence-corrected chi connectivity index (χ4v) is 2.00. The van der Waals surface area contributed by atoms with E-state index in [9.17, 15) is 0 Å². The van der Waals surface area contributed by atoms with Gasteiger partial charge >= 0.3 is 0 Å². The maximum absolute atomic E-state index is 4.54. The lowest BCUT2D eigenvalue weighted by Gasteiger charge is -1.99. The Balaban J connectivity index is 2.22. The van der Waals surface area contributed by atoms with E-state index in [1.807, 2.05) is 29.6 Å². The monoisotopic (exact) mass is 211 g/mol. The molecule has 0 atom stereocenters. The van der Waals surface area contributed by atoms with E-state index >= 15 is 0 Å². The molecule has 0 aliphatic rings. The van der Waals surface area contributed by atoms with Gasteiger partial charge in [-0.15, -0.1) is 11.3 Å². The second kappa shape index (κ2) is 3.44. The van der Waals surface area contributed by atoms with Crippen LogP contribution in [0.3, 0.4) is 0 Å². The minimum absolute atomic E-state index is 0.894. The van der Waals surface area contributed by atoms with Crippen LogP contribution in [0.25, 0.3) is 22.3 Å². The van der Waals surface area contributed by atoms with Crippen molar-refractivity contribution in [1.29, 1.82) is 0 Å². The highest BCUT2D eigenvalue weighted by Gasteiger charge is 2.02. The van der Waals surface area contributed by atoms with Crippen molar-refractivity contribution in [3.05, 3.63) is 47.3 Å². The molecule has 0 spiro atoms. The molecule has 0 amide bonds. The zero-order valence-corrected chi connectivity index (χ0v) is 8.66. The molecule has 2 nitrogen and oxygen atoms in total. The third-order valence-corrected chi connectivity index (χ3v) is 2.79. The van der Waals surface area contributed by atoms with Gasteiger partial charge in [0.05, 0.1) is 11.2 Å². The number of nitrogens with zero attached hydrogens (tertiary/aromatic N) is 2. The van der Waals surface area contributed by atoms with E-state index in [1.54, 1.807) is 0 Å². The van der Waals surface area contributed by atoms with Crippen LogP contribution in [0.1, 0.15) is 0 Å². The molecule has 2 heterocycles. The van der Waals surface area contributed by atoms with Gasteiger partial charge in [-0.2, -0.15) is 0 Å². The first kappa shape index (κ1) is 8.56. The summed E-state index contributed by atoms with van der Waals surface area (Å²) in [7, 11) is 0. The number of aromatic nitrogens is 2. The largest absolute Gasteiger partial charge is 0.246 e. The van der Waals surface area contributed by atoms with Crippen LogP contribution in [-0.2, 0) is 0 Å². The first-order valence-corrected chi connectivity index (χ1v) is 5.49. The number of hydrogen-bond donors (Lipinski definition) is 0. The first-order chi connectivity index (χ1) is 7.43. The molecule has 0 saturated carbocycles. The zero-order chi connectivity index (χ0) is 10.1. The molecule has 1 radical (unpaired) electrons. The van der Waals surface area contributed by atoms with Crippen LogP contribution in [-0.4, -0.2) is 9.97 Å². The van der Waals surface area contributed by atoms with Crippen LogP contribution in [0.2, 0.25) is 0 Å². The Hall–Kier alpha value is -1.74. The van der Waals surface area contributed by atoms with Gasteiger partial charge in [-0.25, -0.2) is 9.97 Å². The van der Waals surface area contributed by atoms with E-state index in [-0.39, 0.29) is 0 Å². The summed E-state index contributed by atoms with van der Waals surface area (Å²) in [5.41, 5.74) is 5.63. The summed E-state index contributed by atoms with van der Waals surface area (Å²) in [4.78, 5) is 8.67. The van der Waals surface area contributed by atoms with E-state index in [1.165, 1.54) is 11.3 Å². The van der Waals surface area contributed by atoms with Crippen LogP contribution in [0.15, 0.2) is 41.8 Å². The van der Waals surface area contributed by atoms with Crippen molar-refractivity contribution in [2.75, 3.05) is 0 Å². The molecular formula is C12H7N2S. The normalized spacial score (nSPS) is 10.7. The van der Waals surface area contributed by atoms with Crippen LogP contribution >= 0.6 is 11.3 Å². The first-order valence-electron chi connectivity index (χ1n) is 4.61. The molecule has 0 N–H and O–H groups in total. The van der Waals surface area contributed by atoms with Gasteiger partial charge in [-0.05, 0) is 12.1 Å². The lowest BCUT2D eigenvalue weighted by molar-refractivity contribution is 1.32. The average molecular weight is 211 g/mol. The third-order valence-electron chi connectivity index (χ3n) is 2.25. The lowest BCUT2D eigenvalue weighted by atomic mass is 10.2. The standard InChI is InChI=1S/C12H7N2S/c1-2-4-10-9(3-1)5-6-11(14-10)12-7-15-8-13-12/h1-7H. The quantitative estimate of drug-likeness (QED) is 0.618. The van der Waals surface area contributed by atoms with Gasteiger partial charge in [0.15, 0.2) is 5.51 Å². The SMILES string of the molecule is [c]1nc(-c2ccc3ccccc3n2)cs1. The Labute approximate surface area is 91.2 Å². The molecular weight excluding hydrogens is 204 g/mol. The van der Waals surface area contributed by atoms with Gasteiger partial charge in [-0.1, -0.05) is 24.3 Å². The molecule has 15 heavy (non-hydrogen) atoms. The Kier molecular flexibility index (Phi) is 1.96.